The van der Waals surface area contributed by atoms with Gasteiger partial charge in [-0.15, -0.1) is 0 Å². The van der Waals surface area contributed by atoms with Gasteiger partial charge < -0.3 is 5.32 Å². The first-order valence-corrected chi connectivity index (χ1v) is 14.9. The lowest BCUT2D eigenvalue weighted by Gasteiger charge is -2.43. The van der Waals surface area contributed by atoms with Crippen LogP contribution in [-0.4, -0.2) is 21.7 Å². The second-order valence-corrected chi connectivity index (χ2v) is 13.7. The SMILES string of the molecule is CC12CCC(C1)C(C)(C)[C@H]2NC(=O)c1nn(-c2ccc(Cl)cc2Cl)c2c1CCCCC2Cc1ccc(F)cc1. The molecule has 3 aliphatic carbocycles. The molecule has 3 aliphatic rings. The van der Waals surface area contributed by atoms with Crippen LogP contribution in [-0.2, 0) is 12.8 Å². The van der Waals surface area contributed by atoms with Crippen molar-refractivity contribution in [2.24, 2.45) is 16.7 Å². The van der Waals surface area contributed by atoms with Crippen molar-refractivity contribution >= 4 is 29.1 Å². The van der Waals surface area contributed by atoms with Gasteiger partial charge in [0.1, 0.15) is 5.82 Å². The topological polar surface area (TPSA) is 46.9 Å². The maximum atomic E-state index is 14.1. The van der Waals surface area contributed by atoms with Crippen molar-refractivity contribution < 1.29 is 9.18 Å². The molecule has 4 nitrogen and oxygen atoms in total. The van der Waals surface area contributed by atoms with Crippen molar-refractivity contribution in [1.29, 1.82) is 0 Å². The van der Waals surface area contributed by atoms with Gasteiger partial charge in [-0.2, -0.15) is 5.10 Å². The van der Waals surface area contributed by atoms with E-state index in [0.717, 1.165) is 67.5 Å². The zero-order chi connectivity index (χ0) is 27.5. The van der Waals surface area contributed by atoms with E-state index in [9.17, 15) is 9.18 Å². The van der Waals surface area contributed by atoms with Gasteiger partial charge in [0.15, 0.2) is 5.69 Å². The average molecular weight is 569 g/mol. The number of carbonyl (C=O) groups is 1. The van der Waals surface area contributed by atoms with Crippen molar-refractivity contribution in [2.75, 3.05) is 0 Å². The van der Waals surface area contributed by atoms with E-state index >= 15 is 0 Å². The molecule has 1 N–H and O–H groups in total. The fraction of sp³-hybridized carbons (Fsp3) is 0.500. The number of hydrogen-bond donors (Lipinski definition) is 1. The summed E-state index contributed by atoms with van der Waals surface area (Å²) in [6, 6.07) is 12.2. The van der Waals surface area contributed by atoms with Gasteiger partial charge in [0, 0.05) is 22.5 Å². The van der Waals surface area contributed by atoms with Crippen molar-refractivity contribution in [2.45, 2.75) is 84.1 Å². The second-order valence-electron chi connectivity index (χ2n) is 12.8. The Morgan fingerprint density at radius 3 is 2.56 bits per heavy atom. The third kappa shape index (κ3) is 4.70. The number of carbonyl (C=O) groups excluding carboxylic acids is 1. The minimum atomic E-state index is -0.241. The average Bonchev–Trinajstić information content (AvgIpc) is 3.46. The summed E-state index contributed by atoms with van der Waals surface area (Å²) in [6.07, 6.45) is 8.07. The highest BCUT2D eigenvalue weighted by Crippen LogP contribution is 2.62. The van der Waals surface area contributed by atoms with Crippen LogP contribution in [0.5, 0.6) is 0 Å². The predicted molar refractivity (Wildman–Crippen MR) is 154 cm³/mol. The Balaban J connectivity index is 1.43. The lowest BCUT2D eigenvalue weighted by molar-refractivity contribution is 0.0732. The van der Waals surface area contributed by atoms with Crippen LogP contribution in [0.15, 0.2) is 42.5 Å². The third-order valence-corrected chi connectivity index (χ3v) is 10.5. The minimum Gasteiger partial charge on any atom is -0.347 e. The number of nitrogens with zero attached hydrogens (tertiary/aromatic N) is 2. The Morgan fingerprint density at radius 1 is 1.10 bits per heavy atom. The van der Waals surface area contributed by atoms with Crippen LogP contribution in [0.1, 0.15) is 92.5 Å². The van der Waals surface area contributed by atoms with Crippen molar-refractivity contribution in [3.05, 3.63) is 80.8 Å². The van der Waals surface area contributed by atoms with Gasteiger partial charge in [0.2, 0.25) is 0 Å². The Bertz CT molecular complexity index is 1410. The minimum absolute atomic E-state index is 0.0484. The highest BCUT2D eigenvalue weighted by Gasteiger charge is 2.59. The molecular weight excluding hydrogens is 532 g/mol. The van der Waals surface area contributed by atoms with Gasteiger partial charge in [-0.3, -0.25) is 4.79 Å². The molecule has 1 aromatic heterocycles. The summed E-state index contributed by atoms with van der Waals surface area (Å²) in [5.74, 6) is 0.416. The van der Waals surface area contributed by atoms with E-state index < -0.39 is 0 Å². The van der Waals surface area contributed by atoms with Gasteiger partial charge in [0.25, 0.3) is 5.91 Å². The lowest BCUT2D eigenvalue weighted by atomic mass is 9.68. The summed E-state index contributed by atoms with van der Waals surface area (Å²) in [4.78, 5) is 14.1. The number of fused-ring (bicyclic) bond motifs is 3. The number of benzene rings is 2. The number of aromatic nitrogens is 2. The van der Waals surface area contributed by atoms with Crippen LogP contribution in [0.2, 0.25) is 10.0 Å². The van der Waals surface area contributed by atoms with E-state index in [1.54, 1.807) is 12.1 Å². The lowest BCUT2D eigenvalue weighted by Crippen LogP contribution is -2.52. The largest absolute Gasteiger partial charge is 0.347 e. The van der Waals surface area contributed by atoms with E-state index in [4.69, 9.17) is 28.3 Å². The first kappa shape index (κ1) is 26.8. The van der Waals surface area contributed by atoms with Gasteiger partial charge in [-0.1, -0.05) is 62.5 Å². The van der Waals surface area contributed by atoms with E-state index in [1.165, 1.54) is 18.6 Å². The third-order valence-electron chi connectivity index (χ3n) is 9.93. The first-order valence-electron chi connectivity index (χ1n) is 14.2. The zero-order valence-electron chi connectivity index (χ0n) is 22.9. The molecule has 1 heterocycles. The molecule has 2 aromatic carbocycles. The highest BCUT2D eigenvalue weighted by molar-refractivity contribution is 6.35. The fourth-order valence-electron chi connectivity index (χ4n) is 7.94. The summed E-state index contributed by atoms with van der Waals surface area (Å²) in [6.45, 7) is 6.94. The van der Waals surface area contributed by atoms with Crippen LogP contribution in [0.3, 0.4) is 0 Å². The van der Waals surface area contributed by atoms with Crippen LogP contribution < -0.4 is 5.32 Å². The van der Waals surface area contributed by atoms with Crippen LogP contribution in [0.4, 0.5) is 4.39 Å². The van der Waals surface area contributed by atoms with Crippen molar-refractivity contribution in [1.82, 2.24) is 15.1 Å². The molecule has 206 valence electrons. The van der Waals surface area contributed by atoms with E-state index in [1.807, 2.05) is 22.9 Å². The van der Waals surface area contributed by atoms with Crippen molar-refractivity contribution in [3.63, 3.8) is 0 Å². The number of amides is 1. The molecule has 6 rings (SSSR count). The molecule has 0 radical (unpaired) electrons. The monoisotopic (exact) mass is 567 g/mol. The van der Waals surface area contributed by atoms with Crippen LogP contribution >= 0.6 is 23.2 Å². The van der Waals surface area contributed by atoms with Gasteiger partial charge in [-0.05, 0) is 97.6 Å². The Labute approximate surface area is 240 Å². The molecule has 2 fully saturated rings. The van der Waals surface area contributed by atoms with Crippen molar-refractivity contribution in [3.8, 4) is 5.69 Å². The number of hydrogen-bond acceptors (Lipinski definition) is 2. The van der Waals surface area contributed by atoms with Crippen LogP contribution in [0, 0.1) is 22.6 Å². The van der Waals surface area contributed by atoms with E-state index in [0.29, 0.717) is 21.7 Å². The Kier molecular flexibility index (Phi) is 6.83. The highest BCUT2D eigenvalue weighted by atomic mass is 35.5. The predicted octanol–water partition coefficient (Wildman–Crippen LogP) is 8.32. The summed E-state index contributed by atoms with van der Waals surface area (Å²) >= 11 is 12.9. The van der Waals surface area contributed by atoms with E-state index in [2.05, 4.69) is 26.1 Å². The van der Waals surface area contributed by atoms with Gasteiger partial charge >= 0.3 is 0 Å². The fourth-order valence-corrected chi connectivity index (χ4v) is 8.43. The number of rotatable bonds is 5. The summed E-state index contributed by atoms with van der Waals surface area (Å²) in [5, 5.41) is 9.51. The molecule has 4 atom stereocenters. The maximum absolute atomic E-state index is 14.1. The second kappa shape index (κ2) is 9.92. The molecule has 1 amide bonds. The maximum Gasteiger partial charge on any atom is 0.272 e. The quantitative estimate of drug-likeness (QED) is 0.315. The van der Waals surface area contributed by atoms with Gasteiger partial charge in [-0.25, -0.2) is 9.07 Å². The molecule has 2 bridgehead atoms. The number of halogens is 3. The molecule has 39 heavy (non-hydrogen) atoms. The Morgan fingerprint density at radius 2 is 1.87 bits per heavy atom. The smallest absolute Gasteiger partial charge is 0.272 e. The first-order chi connectivity index (χ1) is 18.6. The van der Waals surface area contributed by atoms with Gasteiger partial charge in [0.05, 0.1) is 16.4 Å². The Hall–Kier alpha value is -2.37. The molecule has 0 saturated heterocycles. The number of nitrogens with one attached hydrogen (secondary N) is 1. The normalized spacial score (nSPS) is 27.3. The van der Waals surface area contributed by atoms with E-state index in [-0.39, 0.29) is 34.5 Å². The molecule has 2 saturated carbocycles. The summed E-state index contributed by atoms with van der Waals surface area (Å²) in [7, 11) is 0. The molecule has 0 spiro atoms. The summed E-state index contributed by atoms with van der Waals surface area (Å²) in [5.41, 5.74) is 4.49. The molecule has 7 heteroatoms. The molecule has 3 aromatic rings. The zero-order valence-corrected chi connectivity index (χ0v) is 24.4. The molecule has 3 unspecified atom stereocenters. The van der Waals surface area contributed by atoms with Crippen LogP contribution in [0.25, 0.3) is 5.69 Å². The standard InChI is InChI=1S/C32H36Cl2FN3O/c1-31(2)21-14-15-32(3,18-21)30(31)36-29(39)27-24-7-5-4-6-20(16-19-8-11-23(35)12-9-19)28(24)38(37-27)26-13-10-22(33)17-25(26)34/h8-13,17,20-21,30H,4-7,14-16,18H2,1-3H3,(H,36,39)/t20?,21?,30-,32?/m1/s1. The summed E-state index contributed by atoms with van der Waals surface area (Å²) < 4.78 is 15.5. The molecule has 0 aliphatic heterocycles. The molecular formula is C32H36Cl2FN3O.